The zero-order valence-electron chi connectivity index (χ0n) is 10.0. The second-order valence-corrected chi connectivity index (χ2v) is 4.79. The van der Waals surface area contributed by atoms with Gasteiger partial charge in [-0.05, 0) is 43.5 Å². The summed E-state index contributed by atoms with van der Waals surface area (Å²) >= 11 is 0. The normalized spacial score (nSPS) is 24.8. The van der Waals surface area contributed by atoms with E-state index in [1.54, 1.807) is 0 Å². The van der Waals surface area contributed by atoms with Gasteiger partial charge in [0.05, 0.1) is 6.10 Å². The topological polar surface area (TPSA) is 32.3 Å². The molecule has 0 saturated heterocycles. The fourth-order valence-electron chi connectivity index (χ4n) is 2.40. The third kappa shape index (κ3) is 3.79. The molecule has 0 unspecified atom stereocenters. The predicted molar refractivity (Wildman–Crippen MR) is 66.4 cm³/mol. The van der Waals surface area contributed by atoms with Crippen molar-refractivity contribution in [1.29, 1.82) is 0 Å². The lowest BCUT2D eigenvalue weighted by Gasteiger charge is -2.28. The van der Waals surface area contributed by atoms with Crippen molar-refractivity contribution >= 4 is 0 Å². The first kappa shape index (κ1) is 12.5. The van der Waals surface area contributed by atoms with Crippen LogP contribution in [0.25, 0.3) is 0 Å². The quantitative estimate of drug-likeness (QED) is 0.842. The first-order valence-electron chi connectivity index (χ1n) is 6.41. The minimum absolute atomic E-state index is 0.190. The van der Waals surface area contributed by atoms with Gasteiger partial charge >= 0.3 is 0 Å². The summed E-state index contributed by atoms with van der Waals surface area (Å²) in [5, 5.41) is 13.2. The Morgan fingerprint density at radius 2 is 1.88 bits per heavy atom. The van der Waals surface area contributed by atoms with Gasteiger partial charge in [0.1, 0.15) is 5.82 Å². The molecule has 0 heterocycles. The maximum atomic E-state index is 12.7. The largest absolute Gasteiger partial charge is 0.392 e. The van der Waals surface area contributed by atoms with E-state index in [-0.39, 0.29) is 18.0 Å². The molecule has 2 N–H and O–H groups in total. The molecule has 0 aliphatic heterocycles. The molecule has 0 radical (unpaired) electrons. The highest BCUT2D eigenvalue weighted by molar-refractivity contribution is 5.16. The zero-order chi connectivity index (χ0) is 12.1. The second-order valence-electron chi connectivity index (χ2n) is 4.79. The van der Waals surface area contributed by atoms with Crippen molar-refractivity contribution in [3.63, 3.8) is 0 Å². The van der Waals surface area contributed by atoms with E-state index in [0.717, 1.165) is 37.8 Å². The van der Waals surface area contributed by atoms with E-state index < -0.39 is 0 Å². The molecule has 17 heavy (non-hydrogen) atoms. The Labute approximate surface area is 102 Å². The monoisotopic (exact) mass is 237 g/mol. The molecule has 3 heteroatoms. The molecular weight excluding hydrogens is 217 g/mol. The average Bonchev–Trinajstić information content (AvgIpc) is 2.34. The van der Waals surface area contributed by atoms with Gasteiger partial charge in [0.2, 0.25) is 0 Å². The fourth-order valence-corrected chi connectivity index (χ4v) is 2.40. The van der Waals surface area contributed by atoms with Crippen LogP contribution < -0.4 is 5.32 Å². The molecule has 1 aromatic carbocycles. The van der Waals surface area contributed by atoms with Gasteiger partial charge in [0, 0.05) is 6.04 Å². The minimum atomic E-state index is -0.197. The van der Waals surface area contributed by atoms with Gasteiger partial charge in [-0.3, -0.25) is 0 Å². The van der Waals surface area contributed by atoms with E-state index in [9.17, 15) is 9.50 Å². The van der Waals surface area contributed by atoms with Crippen LogP contribution in [-0.2, 0) is 6.42 Å². The standard InChI is InChI=1S/C14H20FNO/c15-12-7-5-11(6-8-12)9-10-16-13-3-1-2-4-14(13)17/h5-8,13-14,16-17H,1-4,9-10H2/t13-,14-/m1/s1. The van der Waals surface area contributed by atoms with Crippen molar-refractivity contribution in [3.8, 4) is 0 Å². The number of nitrogens with one attached hydrogen (secondary N) is 1. The lowest BCUT2D eigenvalue weighted by Crippen LogP contribution is -2.42. The third-order valence-corrected chi connectivity index (χ3v) is 3.46. The van der Waals surface area contributed by atoms with E-state index in [0.29, 0.717) is 0 Å². The number of aliphatic hydroxyl groups is 1. The molecule has 2 atom stereocenters. The van der Waals surface area contributed by atoms with Crippen LogP contribution in [0.3, 0.4) is 0 Å². The number of hydrogen-bond acceptors (Lipinski definition) is 2. The van der Waals surface area contributed by atoms with E-state index in [2.05, 4.69) is 5.32 Å². The highest BCUT2D eigenvalue weighted by Gasteiger charge is 2.21. The van der Waals surface area contributed by atoms with Gasteiger partial charge in [0.25, 0.3) is 0 Å². The predicted octanol–water partition coefficient (Wildman–Crippen LogP) is 2.26. The van der Waals surface area contributed by atoms with Crippen molar-refractivity contribution in [1.82, 2.24) is 5.32 Å². The van der Waals surface area contributed by atoms with Gasteiger partial charge in [-0.15, -0.1) is 0 Å². The molecule has 2 rings (SSSR count). The summed E-state index contributed by atoms with van der Waals surface area (Å²) in [7, 11) is 0. The smallest absolute Gasteiger partial charge is 0.123 e. The highest BCUT2D eigenvalue weighted by Crippen LogP contribution is 2.18. The highest BCUT2D eigenvalue weighted by atomic mass is 19.1. The summed E-state index contributed by atoms with van der Waals surface area (Å²) in [6.45, 7) is 0.841. The molecule has 1 aromatic rings. The Kier molecular flexibility index (Phi) is 4.51. The molecule has 1 fully saturated rings. The Morgan fingerprint density at radius 1 is 1.18 bits per heavy atom. The van der Waals surface area contributed by atoms with Crippen LogP contribution in [0.15, 0.2) is 24.3 Å². The van der Waals surface area contributed by atoms with Gasteiger partial charge in [-0.1, -0.05) is 25.0 Å². The first-order chi connectivity index (χ1) is 8.25. The van der Waals surface area contributed by atoms with Crippen LogP contribution in [0.2, 0.25) is 0 Å². The molecule has 0 aromatic heterocycles. The lowest BCUT2D eigenvalue weighted by atomic mass is 9.92. The molecule has 0 spiro atoms. The van der Waals surface area contributed by atoms with Crippen LogP contribution in [0, 0.1) is 5.82 Å². The zero-order valence-corrected chi connectivity index (χ0v) is 10.0. The Balaban J connectivity index is 1.73. The summed E-state index contributed by atoms with van der Waals surface area (Å²) in [6, 6.07) is 6.85. The van der Waals surface area contributed by atoms with E-state index >= 15 is 0 Å². The molecule has 1 aliphatic carbocycles. The molecule has 1 saturated carbocycles. The maximum Gasteiger partial charge on any atom is 0.123 e. The lowest BCUT2D eigenvalue weighted by molar-refractivity contribution is 0.0914. The van der Waals surface area contributed by atoms with Gasteiger partial charge in [-0.2, -0.15) is 0 Å². The van der Waals surface area contributed by atoms with Crippen LogP contribution in [0.5, 0.6) is 0 Å². The van der Waals surface area contributed by atoms with Crippen LogP contribution >= 0.6 is 0 Å². The van der Waals surface area contributed by atoms with Gasteiger partial charge in [-0.25, -0.2) is 4.39 Å². The summed E-state index contributed by atoms with van der Waals surface area (Å²) in [5.74, 6) is -0.190. The molecule has 2 nitrogen and oxygen atoms in total. The Hall–Kier alpha value is -0.930. The summed E-state index contributed by atoms with van der Waals surface area (Å²) in [5.41, 5.74) is 1.13. The van der Waals surface area contributed by atoms with Gasteiger partial charge in [0.15, 0.2) is 0 Å². The van der Waals surface area contributed by atoms with E-state index in [1.165, 1.54) is 18.6 Å². The van der Waals surface area contributed by atoms with Crippen molar-refractivity contribution in [3.05, 3.63) is 35.6 Å². The fraction of sp³-hybridized carbons (Fsp3) is 0.571. The van der Waals surface area contributed by atoms with Crippen LogP contribution in [-0.4, -0.2) is 23.8 Å². The molecule has 1 aliphatic rings. The van der Waals surface area contributed by atoms with E-state index in [4.69, 9.17) is 0 Å². The third-order valence-electron chi connectivity index (χ3n) is 3.46. The summed E-state index contributed by atoms with van der Waals surface area (Å²) in [6.07, 6.45) is 4.99. The number of rotatable bonds is 4. The molecule has 0 amide bonds. The number of aliphatic hydroxyl groups excluding tert-OH is 1. The van der Waals surface area contributed by atoms with Crippen LogP contribution in [0.4, 0.5) is 4.39 Å². The number of benzene rings is 1. The first-order valence-corrected chi connectivity index (χ1v) is 6.41. The Morgan fingerprint density at radius 3 is 2.59 bits per heavy atom. The van der Waals surface area contributed by atoms with Gasteiger partial charge < -0.3 is 10.4 Å². The summed E-state index contributed by atoms with van der Waals surface area (Å²) < 4.78 is 12.7. The summed E-state index contributed by atoms with van der Waals surface area (Å²) in [4.78, 5) is 0. The SMILES string of the molecule is O[C@@H]1CCCC[C@H]1NCCc1ccc(F)cc1. The van der Waals surface area contributed by atoms with Crippen molar-refractivity contribution in [2.45, 2.75) is 44.2 Å². The number of hydrogen-bond donors (Lipinski definition) is 2. The van der Waals surface area contributed by atoms with E-state index in [1.807, 2.05) is 12.1 Å². The number of halogens is 1. The second kappa shape index (κ2) is 6.12. The molecule has 94 valence electrons. The minimum Gasteiger partial charge on any atom is -0.392 e. The van der Waals surface area contributed by atoms with Crippen molar-refractivity contribution < 1.29 is 9.50 Å². The van der Waals surface area contributed by atoms with Crippen molar-refractivity contribution in [2.75, 3.05) is 6.54 Å². The maximum absolute atomic E-state index is 12.7. The Bertz CT molecular complexity index is 339. The molecule has 0 bridgehead atoms. The average molecular weight is 237 g/mol. The van der Waals surface area contributed by atoms with Crippen LogP contribution in [0.1, 0.15) is 31.2 Å². The molecular formula is C14H20FNO. The van der Waals surface area contributed by atoms with Crippen molar-refractivity contribution in [2.24, 2.45) is 0 Å².